The van der Waals surface area contributed by atoms with Gasteiger partial charge >= 0.3 is 0 Å². The van der Waals surface area contributed by atoms with Crippen molar-refractivity contribution in [3.8, 4) is 0 Å². The van der Waals surface area contributed by atoms with E-state index < -0.39 is 0 Å². The highest BCUT2D eigenvalue weighted by atomic mass is 17.2. The second kappa shape index (κ2) is 6.62. The van der Waals surface area contributed by atoms with Gasteiger partial charge in [0.15, 0.2) is 5.76 Å². The van der Waals surface area contributed by atoms with Gasteiger partial charge in [0.25, 0.3) is 0 Å². The molecule has 0 aromatic heterocycles. The summed E-state index contributed by atoms with van der Waals surface area (Å²) in [6.45, 7) is 2.96. The SMILES string of the molecule is CCCCCCCCOOC1=C2C3C=CC(C3)C2C=C1. The molecule has 0 aromatic carbocycles. The molecule has 0 spiro atoms. The molecule has 0 N–H and O–H groups in total. The van der Waals surface area contributed by atoms with Gasteiger partial charge < -0.3 is 4.89 Å². The van der Waals surface area contributed by atoms with Gasteiger partial charge in [-0.1, -0.05) is 57.3 Å². The van der Waals surface area contributed by atoms with Crippen LogP contribution in [0.25, 0.3) is 0 Å². The smallest absolute Gasteiger partial charge is 0.165 e. The van der Waals surface area contributed by atoms with Crippen molar-refractivity contribution >= 4 is 0 Å². The van der Waals surface area contributed by atoms with E-state index in [4.69, 9.17) is 9.78 Å². The van der Waals surface area contributed by atoms with Crippen LogP contribution in [0.2, 0.25) is 0 Å². The largest absolute Gasteiger partial charge is 0.338 e. The Labute approximate surface area is 122 Å². The van der Waals surface area contributed by atoms with Gasteiger partial charge in [-0.25, -0.2) is 0 Å². The molecule has 110 valence electrons. The average Bonchev–Trinajstić information content (AvgIpc) is 3.14. The summed E-state index contributed by atoms with van der Waals surface area (Å²) in [4.78, 5) is 11.0. The lowest BCUT2D eigenvalue weighted by atomic mass is 9.91. The Hall–Kier alpha value is -1.02. The molecule has 0 heterocycles. The molecular weight excluding hydrogens is 248 g/mol. The molecule has 2 bridgehead atoms. The van der Waals surface area contributed by atoms with Crippen molar-refractivity contribution in [3.63, 3.8) is 0 Å². The van der Waals surface area contributed by atoms with Gasteiger partial charge in [-0.05, 0) is 30.4 Å². The van der Waals surface area contributed by atoms with E-state index in [9.17, 15) is 0 Å². The number of rotatable bonds is 9. The first kappa shape index (κ1) is 13.9. The van der Waals surface area contributed by atoms with Crippen LogP contribution in [0.1, 0.15) is 51.9 Å². The van der Waals surface area contributed by atoms with E-state index in [1.54, 1.807) is 0 Å². The summed E-state index contributed by atoms with van der Waals surface area (Å²) < 4.78 is 0. The zero-order valence-electron chi connectivity index (χ0n) is 12.5. The van der Waals surface area contributed by atoms with Crippen LogP contribution in [0.4, 0.5) is 0 Å². The number of hydrogen-bond acceptors (Lipinski definition) is 2. The van der Waals surface area contributed by atoms with E-state index in [-0.39, 0.29) is 0 Å². The second-order valence-corrected chi connectivity index (χ2v) is 6.27. The maximum absolute atomic E-state index is 5.56. The minimum atomic E-state index is 0.595. The van der Waals surface area contributed by atoms with Gasteiger partial charge in [-0.2, -0.15) is 4.89 Å². The molecule has 3 aliphatic carbocycles. The minimum Gasteiger partial charge on any atom is -0.338 e. The van der Waals surface area contributed by atoms with Crippen LogP contribution in [-0.2, 0) is 9.78 Å². The normalized spacial score (nSPS) is 29.6. The first-order chi connectivity index (χ1) is 9.90. The Morgan fingerprint density at radius 2 is 1.90 bits per heavy atom. The molecule has 0 aromatic rings. The Morgan fingerprint density at radius 1 is 1.05 bits per heavy atom. The zero-order valence-corrected chi connectivity index (χ0v) is 12.5. The molecule has 1 fully saturated rings. The second-order valence-electron chi connectivity index (χ2n) is 6.27. The standard InChI is InChI=1S/C18H26O2/c1-2-3-4-5-6-7-12-19-20-17-11-10-16-14-8-9-15(13-14)18(16)17/h8-11,14-16H,2-7,12-13H2,1H3. The molecule has 0 saturated heterocycles. The molecule has 0 amide bonds. The summed E-state index contributed by atoms with van der Waals surface area (Å²) >= 11 is 0. The Kier molecular flexibility index (Phi) is 4.62. The Bertz CT molecular complexity index is 419. The van der Waals surface area contributed by atoms with E-state index in [1.807, 2.05) is 0 Å². The number of unbranched alkanes of at least 4 members (excludes halogenated alkanes) is 5. The van der Waals surface area contributed by atoms with Crippen LogP contribution in [0.15, 0.2) is 35.6 Å². The predicted molar refractivity (Wildman–Crippen MR) is 80.8 cm³/mol. The van der Waals surface area contributed by atoms with Gasteiger partial charge in [0, 0.05) is 11.8 Å². The van der Waals surface area contributed by atoms with Crippen LogP contribution < -0.4 is 0 Å². The lowest BCUT2D eigenvalue weighted by Gasteiger charge is -2.15. The summed E-state index contributed by atoms with van der Waals surface area (Å²) in [5.74, 6) is 2.90. The molecule has 0 aliphatic heterocycles. The maximum Gasteiger partial charge on any atom is 0.165 e. The van der Waals surface area contributed by atoms with Crippen LogP contribution in [0.5, 0.6) is 0 Å². The summed E-state index contributed by atoms with van der Waals surface area (Å²) in [7, 11) is 0. The van der Waals surface area contributed by atoms with Crippen molar-refractivity contribution < 1.29 is 9.78 Å². The number of allylic oxidation sites excluding steroid dienone is 5. The van der Waals surface area contributed by atoms with Gasteiger partial charge in [0.1, 0.15) is 0 Å². The highest BCUT2D eigenvalue weighted by Gasteiger charge is 2.43. The number of hydrogen-bond donors (Lipinski definition) is 0. The van der Waals surface area contributed by atoms with Gasteiger partial charge in [0.2, 0.25) is 0 Å². The van der Waals surface area contributed by atoms with Crippen LogP contribution >= 0.6 is 0 Å². The maximum atomic E-state index is 5.56. The minimum absolute atomic E-state index is 0.595. The zero-order chi connectivity index (χ0) is 13.8. The first-order valence-corrected chi connectivity index (χ1v) is 8.30. The fraction of sp³-hybridized carbons (Fsp3) is 0.667. The third-order valence-corrected chi connectivity index (χ3v) is 4.81. The quantitative estimate of drug-likeness (QED) is 0.256. The number of fused-ring (bicyclic) bond motifs is 5. The Balaban J connectivity index is 1.34. The van der Waals surface area contributed by atoms with Crippen molar-refractivity contribution in [1.29, 1.82) is 0 Å². The fourth-order valence-corrected chi connectivity index (χ4v) is 3.70. The van der Waals surface area contributed by atoms with Crippen LogP contribution in [-0.4, -0.2) is 6.61 Å². The monoisotopic (exact) mass is 274 g/mol. The van der Waals surface area contributed by atoms with Crippen molar-refractivity contribution in [2.45, 2.75) is 51.9 Å². The molecule has 1 saturated carbocycles. The third kappa shape index (κ3) is 2.85. The average molecular weight is 274 g/mol. The molecule has 2 nitrogen and oxygen atoms in total. The van der Waals surface area contributed by atoms with E-state index in [2.05, 4.69) is 31.2 Å². The van der Waals surface area contributed by atoms with Gasteiger partial charge in [-0.15, -0.1) is 0 Å². The molecule has 3 aliphatic rings. The van der Waals surface area contributed by atoms with Crippen LogP contribution in [0.3, 0.4) is 0 Å². The third-order valence-electron chi connectivity index (χ3n) is 4.81. The van der Waals surface area contributed by atoms with Crippen molar-refractivity contribution in [2.24, 2.45) is 17.8 Å². The predicted octanol–water partition coefficient (Wildman–Crippen LogP) is 4.94. The molecular formula is C18H26O2. The molecule has 2 heteroatoms. The van der Waals surface area contributed by atoms with Crippen LogP contribution in [0, 0.1) is 17.8 Å². The van der Waals surface area contributed by atoms with E-state index in [0.29, 0.717) is 24.4 Å². The molecule has 3 unspecified atom stereocenters. The van der Waals surface area contributed by atoms with E-state index in [1.165, 1.54) is 44.1 Å². The van der Waals surface area contributed by atoms with Crippen molar-refractivity contribution in [1.82, 2.24) is 0 Å². The fourth-order valence-electron chi connectivity index (χ4n) is 3.70. The summed E-state index contributed by atoms with van der Waals surface area (Å²) in [5.41, 5.74) is 1.46. The molecule has 3 rings (SSSR count). The highest BCUT2D eigenvalue weighted by Crippen LogP contribution is 2.52. The van der Waals surface area contributed by atoms with E-state index >= 15 is 0 Å². The molecule has 0 radical (unpaired) electrons. The summed E-state index contributed by atoms with van der Waals surface area (Å²) in [5, 5.41) is 0. The summed E-state index contributed by atoms with van der Waals surface area (Å²) in [6.07, 6.45) is 18.1. The van der Waals surface area contributed by atoms with Crippen molar-refractivity contribution in [3.05, 3.63) is 35.6 Å². The Morgan fingerprint density at radius 3 is 2.80 bits per heavy atom. The lowest BCUT2D eigenvalue weighted by molar-refractivity contribution is -0.259. The van der Waals surface area contributed by atoms with Gasteiger partial charge in [0.05, 0.1) is 6.61 Å². The van der Waals surface area contributed by atoms with Crippen molar-refractivity contribution in [2.75, 3.05) is 6.61 Å². The molecule has 20 heavy (non-hydrogen) atoms. The van der Waals surface area contributed by atoms with E-state index in [0.717, 1.165) is 12.2 Å². The van der Waals surface area contributed by atoms with Gasteiger partial charge in [-0.3, -0.25) is 0 Å². The highest BCUT2D eigenvalue weighted by molar-refractivity contribution is 5.44. The first-order valence-electron chi connectivity index (χ1n) is 8.30. The topological polar surface area (TPSA) is 18.5 Å². The lowest BCUT2D eigenvalue weighted by Crippen LogP contribution is -2.06. The summed E-state index contributed by atoms with van der Waals surface area (Å²) in [6, 6.07) is 0. The molecule has 3 atom stereocenters.